The Morgan fingerprint density at radius 3 is 2.57 bits per heavy atom. The SMILES string of the molecule is CC(=O)Nc1ccc(SC(C)C(=O)N[C@H]2CCCNC2)cc1.Cl. The van der Waals surface area contributed by atoms with Crippen molar-refractivity contribution >= 4 is 41.7 Å². The Hall–Kier alpha value is -1.24. The fourth-order valence-electron chi connectivity index (χ4n) is 2.37. The summed E-state index contributed by atoms with van der Waals surface area (Å²) in [6, 6.07) is 7.77. The largest absolute Gasteiger partial charge is 0.351 e. The zero-order chi connectivity index (χ0) is 15.9. The summed E-state index contributed by atoms with van der Waals surface area (Å²) in [7, 11) is 0. The lowest BCUT2D eigenvalue weighted by molar-refractivity contribution is -0.121. The second-order valence-electron chi connectivity index (χ2n) is 5.52. The van der Waals surface area contributed by atoms with E-state index in [1.807, 2.05) is 31.2 Å². The predicted octanol–water partition coefficient (Wildman–Crippen LogP) is 2.42. The maximum atomic E-state index is 12.2. The van der Waals surface area contributed by atoms with E-state index < -0.39 is 0 Å². The molecule has 1 aromatic rings. The van der Waals surface area contributed by atoms with Crippen molar-refractivity contribution in [3.63, 3.8) is 0 Å². The van der Waals surface area contributed by atoms with Crippen molar-refractivity contribution in [1.82, 2.24) is 10.6 Å². The first-order chi connectivity index (χ1) is 10.5. The topological polar surface area (TPSA) is 70.2 Å². The Kier molecular flexibility index (Phi) is 8.44. The molecule has 2 atom stereocenters. The number of piperidine rings is 1. The minimum Gasteiger partial charge on any atom is -0.351 e. The van der Waals surface area contributed by atoms with Crippen LogP contribution in [0.3, 0.4) is 0 Å². The summed E-state index contributed by atoms with van der Waals surface area (Å²) in [5.74, 6) is -0.0149. The highest BCUT2D eigenvalue weighted by Crippen LogP contribution is 2.25. The third kappa shape index (κ3) is 6.81. The first kappa shape index (κ1) is 19.8. The number of benzene rings is 1. The van der Waals surface area contributed by atoms with E-state index in [0.29, 0.717) is 0 Å². The van der Waals surface area contributed by atoms with Gasteiger partial charge in [0.15, 0.2) is 0 Å². The van der Waals surface area contributed by atoms with Crippen LogP contribution in [-0.2, 0) is 9.59 Å². The van der Waals surface area contributed by atoms with E-state index in [9.17, 15) is 9.59 Å². The lowest BCUT2D eigenvalue weighted by Gasteiger charge is -2.25. The molecule has 1 fully saturated rings. The summed E-state index contributed by atoms with van der Waals surface area (Å²) in [5, 5.41) is 8.97. The smallest absolute Gasteiger partial charge is 0.233 e. The summed E-state index contributed by atoms with van der Waals surface area (Å²) < 4.78 is 0. The summed E-state index contributed by atoms with van der Waals surface area (Å²) in [6.07, 6.45) is 2.15. The van der Waals surface area contributed by atoms with Gasteiger partial charge in [-0.15, -0.1) is 24.2 Å². The monoisotopic (exact) mass is 357 g/mol. The summed E-state index contributed by atoms with van der Waals surface area (Å²) in [5.41, 5.74) is 0.766. The van der Waals surface area contributed by atoms with Crippen molar-refractivity contribution in [2.24, 2.45) is 0 Å². The molecule has 0 radical (unpaired) electrons. The highest BCUT2D eigenvalue weighted by molar-refractivity contribution is 8.00. The first-order valence-electron chi connectivity index (χ1n) is 7.60. The lowest BCUT2D eigenvalue weighted by Crippen LogP contribution is -2.47. The Balaban J connectivity index is 0.00000264. The Bertz CT molecular complexity index is 519. The molecule has 2 rings (SSSR count). The molecule has 5 nitrogen and oxygen atoms in total. The van der Waals surface area contributed by atoms with Gasteiger partial charge in [0.05, 0.1) is 5.25 Å². The van der Waals surface area contributed by atoms with Crippen LogP contribution >= 0.6 is 24.2 Å². The van der Waals surface area contributed by atoms with Gasteiger partial charge in [-0.2, -0.15) is 0 Å². The van der Waals surface area contributed by atoms with Crippen molar-refractivity contribution in [2.45, 2.75) is 42.9 Å². The molecular weight excluding hydrogens is 334 g/mol. The number of hydrogen-bond donors (Lipinski definition) is 3. The predicted molar refractivity (Wildman–Crippen MR) is 97.3 cm³/mol. The highest BCUT2D eigenvalue weighted by Gasteiger charge is 2.20. The van der Waals surface area contributed by atoms with Gasteiger partial charge < -0.3 is 16.0 Å². The molecule has 1 aliphatic heterocycles. The normalized spacial score (nSPS) is 18.4. The second-order valence-corrected chi connectivity index (χ2v) is 6.93. The average molecular weight is 358 g/mol. The van der Waals surface area contributed by atoms with Gasteiger partial charge in [-0.3, -0.25) is 9.59 Å². The standard InChI is InChI=1S/C16H23N3O2S.ClH/c1-11(16(21)19-14-4-3-9-17-10-14)22-15-7-5-13(6-8-15)18-12(2)20;/h5-8,11,14,17H,3-4,9-10H2,1-2H3,(H,18,20)(H,19,21);1H/t11?,14-;/m0./s1. The molecule has 1 saturated heterocycles. The molecule has 0 saturated carbocycles. The quantitative estimate of drug-likeness (QED) is 0.708. The molecule has 23 heavy (non-hydrogen) atoms. The molecule has 0 aromatic heterocycles. The van der Waals surface area contributed by atoms with Crippen molar-refractivity contribution < 1.29 is 9.59 Å². The lowest BCUT2D eigenvalue weighted by atomic mass is 10.1. The number of carbonyl (C=O) groups excluding carboxylic acids is 2. The van der Waals surface area contributed by atoms with Crippen LogP contribution < -0.4 is 16.0 Å². The van der Waals surface area contributed by atoms with E-state index in [1.54, 1.807) is 0 Å². The number of halogens is 1. The maximum absolute atomic E-state index is 12.2. The number of anilines is 1. The number of nitrogens with one attached hydrogen (secondary N) is 3. The van der Waals surface area contributed by atoms with E-state index in [-0.39, 0.29) is 35.5 Å². The van der Waals surface area contributed by atoms with Crippen LogP contribution in [0.1, 0.15) is 26.7 Å². The van der Waals surface area contributed by atoms with Gasteiger partial charge in [0.25, 0.3) is 0 Å². The van der Waals surface area contributed by atoms with E-state index in [0.717, 1.165) is 36.5 Å². The number of hydrogen-bond acceptors (Lipinski definition) is 4. The maximum Gasteiger partial charge on any atom is 0.233 e. The molecule has 0 spiro atoms. The molecule has 128 valence electrons. The molecule has 7 heteroatoms. The van der Waals surface area contributed by atoms with Crippen LogP contribution in [-0.4, -0.2) is 36.2 Å². The fourth-order valence-corrected chi connectivity index (χ4v) is 3.25. The van der Waals surface area contributed by atoms with Gasteiger partial charge in [-0.1, -0.05) is 0 Å². The van der Waals surface area contributed by atoms with Crippen LogP contribution in [0.15, 0.2) is 29.2 Å². The van der Waals surface area contributed by atoms with Crippen molar-refractivity contribution in [3.8, 4) is 0 Å². The Morgan fingerprint density at radius 1 is 1.30 bits per heavy atom. The summed E-state index contributed by atoms with van der Waals surface area (Å²) in [4.78, 5) is 24.2. The highest BCUT2D eigenvalue weighted by atomic mass is 35.5. The number of amides is 2. The fraction of sp³-hybridized carbons (Fsp3) is 0.500. The zero-order valence-corrected chi connectivity index (χ0v) is 15.1. The van der Waals surface area contributed by atoms with Gasteiger partial charge in [0.1, 0.15) is 0 Å². The van der Waals surface area contributed by atoms with Gasteiger partial charge in [0, 0.05) is 30.1 Å². The number of carbonyl (C=O) groups is 2. The van der Waals surface area contributed by atoms with Gasteiger partial charge in [0.2, 0.25) is 11.8 Å². The van der Waals surface area contributed by atoms with Crippen molar-refractivity contribution in [3.05, 3.63) is 24.3 Å². The second kappa shape index (κ2) is 9.80. The number of rotatable bonds is 5. The third-order valence-electron chi connectivity index (χ3n) is 3.50. The van der Waals surface area contributed by atoms with E-state index in [1.165, 1.54) is 18.7 Å². The van der Waals surface area contributed by atoms with Crippen molar-refractivity contribution in [1.29, 1.82) is 0 Å². The van der Waals surface area contributed by atoms with Crippen LogP contribution in [0.4, 0.5) is 5.69 Å². The van der Waals surface area contributed by atoms with Crippen LogP contribution in [0, 0.1) is 0 Å². The summed E-state index contributed by atoms with van der Waals surface area (Å²) in [6.45, 7) is 5.29. The van der Waals surface area contributed by atoms with E-state index in [2.05, 4.69) is 16.0 Å². The molecule has 2 amide bonds. The van der Waals surface area contributed by atoms with E-state index >= 15 is 0 Å². The number of thioether (sulfide) groups is 1. The minimum atomic E-state index is -0.145. The molecular formula is C16H24ClN3O2S. The van der Waals surface area contributed by atoms with Crippen LogP contribution in [0.2, 0.25) is 0 Å². The Labute approximate surface area is 147 Å². The van der Waals surface area contributed by atoms with Gasteiger partial charge in [-0.25, -0.2) is 0 Å². The molecule has 1 aliphatic rings. The van der Waals surface area contributed by atoms with Crippen molar-refractivity contribution in [2.75, 3.05) is 18.4 Å². The molecule has 0 bridgehead atoms. The van der Waals surface area contributed by atoms with Gasteiger partial charge >= 0.3 is 0 Å². The average Bonchev–Trinajstić information content (AvgIpc) is 2.49. The first-order valence-corrected chi connectivity index (χ1v) is 8.48. The molecule has 1 unspecified atom stereocenters. The summed E-state index contributed by atoms with van der Waals surface area (Å²) >= 11 is 1.52. The molecule has 3 N–H and O–H groups in total. The van der Waals surface area contributed by atoms with E-state index in [4.69, 9.17) is 0 Å². The minimum absolute atomic E-state index is 0. The zero-order valence-electron chi connectivity index (χ0n) is 13.4. The molecule has 1 aromatic carbocycles. The third-order valence-corrected chi connectivity index (χ3v) is 4.61. The molecule has 0 aliphatic carbocycles. The van der Waals surface area contributed by atoms with Crippen LogP contribution in [0.5, 0.6) is 0 Å². The van der Waals surface area contributed by atoms with Crippen LogP contribution in [0.25, 0.3) is 0 Å². The molecule has 1 heterocycles. The van der Waals surface area contributed by atoms with Gasteiger partial charge in [-0.05, 0) is 50.6 Å². The Morgan fingerprint density at radius 2 is 2.00 bits per heavy atom.